The summed E-state index contributed by atoms with van der Waals surface area (Å²) >= 11 is 0. The van der Waals surface area contributed by atoms with Crippen molar-refractivity contribution in [2.75, 3.05) is 32.1 Å². The van der Waals surface area contributed by atoms with Crippen LogP contribution in [0.1, 0.15) is 57.9 Å². The molecule has 2 aliphatic heterocycles. The smallest absolute Gasteiger partial charge is 0.408 e. The third-order valence-corrected chi connectivity index (χ3v) is 11.4. The molecule has 7 rings (SSSR count). The zero-order valence-corrected chi connectivity index (χ0v) is 31.3. The summed E-state index contributed by atoms with van der Waals surface area (Å²) in [5.74, 6) is -1.88. The lowest BCUT2D eigenvalue weighted by atomic mass is 10.0. The quantitative estimate of drug-likeness (QED) is 0.214. The number of likely N-dealkylation sites (tertiary alicyclic amines) is 1. The number of carboxylic acids is 1. The highest BCUT2D eigenvalue weighted by Crippen LogP contribution is 2.45. The van der Waals surface area contributed by atoms with E-state index in [-0.39, 0.29) is 31.4 Å². The Kier molecular flexibility index (Phi) is 10.2. The van der Waals surface area contributed by atoms with Gasteiger partial charge in [0.15, 0.2) is 0 Å². The molecular weight excluding hydrogens is 690 g/mol. The van der Waals surface area contributed by atoms with Crippen molar-refractivity contribution in [2.45, 2.75) is 88.6 Å². The maximum atomic E-state index is 14.4. The predicted octanol–water partition coefficient (Wildman–Crippen LogP) is 5.09. The molecule has 0 spiro atoms. The molecule has 0 bridgehead atoms. The molecule has 1 saturated heterocycles. The minimum atomic E-state index is -1.49. The number of carboxylic acid groups (broad SMARTS) is 1. The zero-order chi connectivity index (χ0) is 38.3. The van der Waals surface area contributed by atoms with Crippen molar-refractivity contribution in [1.29, 1.82) is 0 Å². The number of ether oxygens (including phenoxy) is 3. The second-order valence-corrected chi connectivity index (χ2v) is 15.4. The molecule has 1 aromatic heterocycles. The molecule has 2 aliphatic carbocycles. The van der Waals surface area contributed by atoms with Gasteiger partial charge in [-0.2, -0.15) is 0 Å². The molecule has 3 amide bonds. The molecular formula is C41H49N5O8. The standard InChI is InChI=1S/C41H49N5O8/c1-6-26-21-41(26,39(49)50)44-37(47)34-19-29(22-46(34)38(48)36(23(2)3)43-40(51)54-27-9-7-8-10-27)53-35-20-31(42-32-18-28(52-5)12-13-30(32)35)24-11-14-33-25(17-24)15-16-45(33)4/h6,11-14,17-18,20,23,26-27,29,34,36H,1,7-10,15-16,19,21-22H2,2-5H3,(H,43,51)(H,44,47)(H,49,50)/t26-,29-,34+,36+,41-/m1/s1. The first-order chi connectivity index (χ1) is 25.9. The highest BCUT2D eigenvalue weighted by molar-refractivity contribution is 5.96. The summed E-state index contributed by atoms with van der Waals surface area (Å²) in [5.41, 5.74) is 3.20. The SMILES string of the molecule is C=C[C@@H]1C[C@]1(NC(=O)[C@@H]1C[C@@H](Oc2cc(-c3ccc4c(c3)CCN4C)nc3cc(OC)ccc23)CN1C(=O)[C@@H](NC(=O)OC1CCCC1)C(C)C)C(=O)O. The summed E-state index contributed by atoms with van der Waals surface area (Å²) in [6, 6.07) is 11.6. The van der Waals surface area contributed by atoms with E-state index in [1.165, 1.54) is 22.2 Å². The van der Waals surface area contributed by atoms with E-state index in [0.29, 0.717) is 22.7 Å². The fourth-order valence-electron chi connectivity index (χ4n) is 8.16. The third kappa shape index (κ3) is 7.15. The van der Waals surface area contributed by atoms with Gasteiger partial charge in [-0.05, 0) is 74.3 Å². The van der Waals surface area contributed by atoms with Gasteiger partial charge >= 0.3 is 12.1 Å². The summed E-state index contributed by atoms with van der Waals surface area (Å²) in [5, 5.41) is 16.3. The normalized spacial score (nSPS) is 23.9. The number of nitrogens with one attached hydrogen (secondary N) is 2. The molecule has 3 fully saturated rings. The van der Waals surface area contributed by atoms with Gasteiger partial charge in [0, 0.05) is 54.7 Å². The number of methoxy groups -OCH3 is 1. The zero-order valence-electron chi connectivity index (χ0n) is 31.3. The molecule has 3 aromatic rings. The maximum Gasteiger partial charge on any atom is 0.408 e. The third-order valence-electron chi connectivity index (χ3n) is 11.4. The number of pyridine rings is 1. The average molecular weight is 740 g/mol. The largest absolute Gasteiger partial charge is 0.497 e. The van der Waals surface area contributed by atoms with Crippen LogP contribution in [-0.2, 0) is 25.5 Å². The Labute approximate surface area is 315 Å². The number of carbonyl (C=O) groups is 4. The summed E-state index contributed by atoms with van der Waals surface area (Å²) in [4.78, 5) is 62.4. The lowest BCUT2D eigenvalue weighted by molar-refractivity contribution is -0.145. The average Bonchev–Trinajstić information content (AvgIpc) is 3.49. The van der Waals surface area contributed by atoms with Crippen LogP contribution in [0.25, 0.3) is 22.2 Å². The predicted molar refractivity (Wildman–Crippen MR) is 203 cm³/mol. The summed E-state index contributed by atoms with van der Waals surface area (Å²) in [6.07, 6.45) is 4.72. The second kappa shape index (κ2) is 14.8. The lowest BCUT2D eigenvalue weighted by Gasteiger charge is -2.31. The van der Waals surface area contributed by atoms with E-state index in [4.69, 9.17) is 19.2 Å². The van der Waals surface area contributed by atoms with E-state index in [1.54, 1.807) is 7.11 Å². The van der Waals surface area contributed by atoms with Gasteiger partial charge < -0.3 is 39.8 Å². The van der Waals surface area contributed by atoms with Crippen molar-refractivity contribution in [1.82, 2.24) is 20.5 Å². The van der Waals surface area contributed by atoms with Gasteiger partial charge in [0.05, 0.1) is 24.9 Å². The van der Waals surface area contributed by atoms with Crippen LogP contribution in [0.5, 0.6) is 11.5 Å². The van der Waals surface area contributed by atoms with Gasteiger partial charge in [0.1, 0.15) is 41.3 Å². The van der Waals surface area contributed by atoms with Gasteiger partial charge in [-0.25, -0.2) is 14.6 Å². The van der Waals surface area contributed by atoms with Crippen molar-refractivity contribution in [3.63, 3.8) is 0 Å². The van der Waals surface area contributed by atoms with Crippen LogP contribution in [0, 0.1) is 11.8 Å². The van der Waals surface area contributed by atoms with Crippen molar-refractivity contribution in [3.8, 4) is 22.8 Å². The first kappa shape index (κ1) is 37.0. The van der Waals surface area contributed by atoms with Crippen LogP contribution in [0.4, 0.5) is 10.5 Å². The Morgan fingerprint density at radius 2 is 1.85 bits per heavy atom. The second-order valence-electron chi connectivity index (χ2n) is 15.4. The number of alkyl carbamates (subject to hydrolysis) is 1. The first-order valence-electron chi connectivity index (χ1n) is 18.9. The molecule has 54 heavy (non-hydrogen) atoms. The van der Waals surface area contributed by atoms with E-state index in [9.17, 15) is 24.3 Å². The Morgan fingerprint density at radius 1 is 1.07 bits per heavy atom. The topological polar surface area (TPSA) is 160 Å². The first-order valence-corrected chi connectivity index (χ1v) is 18.9. The molecule has 2 saturated carbocycles. The molecule has 13 nitrogen and oxygen atoms in total. The highest BCUT2D eigenvalue weighted by Gasteiger charge is 2.61. The molecule has 3 heterocycles. The number of hydrogen-bond acceptors (Lipinski definition) is 9. The van der Waals surface area contributed by atoms with Crippen LogP contribution in [0.15, 0.2) is 55.1 Å². The minimum absolute atomic E-state index is 0.0188. The molecule has 4 aliphatic rings. The van der Waals surface area contributed by atoms with Crippen molar-refractivity contribution in [2.24, 2.45) is 11.8 Å². The number of amides is 3. The summed E-state index contributed by atoms with van der Waals surface area (Å²) < 4.78 is 17.9. The number of aliphatic carboxylic acids is 1. The number of carbonyl (C=O) groups excluding carboxylic acids is 3. The summed E-state index contributed by atoms with van der Waals surface area (Å²) in [6.45, 7) is 8.32. The Balaban J connectivity index is 1.20. The van der Waals surface area contributed by atoms with E-state index >= 15 is 0 Å². The molecule has 0 radical (unpaired) electrons. The van der Waals surface area contributed by atoms with Gasteiger partial charge in [-0.3, -0.25) is 9.59 Å². The van der Waals surface area contributed by atoms with E-state index < -0.39 is 53.5 Å². The van der Waals surface area contributed by atoms with Gasteiger partial charge in [-0.15, -0.1) is 6.58 Å². The molecule has 13 heteroatoms. The lowest BCUT2D eigenvalue weighted by Crippen LogP contribution is -2.57. The Morgan fingerprint density at radius 3 is 2.54 bits per heavy atom. The van der Waals surface area contributed by atoms with Crippen LogP contribution in [-0.4, -0.2) is 95.9 Å². The van der Waals surface area contributed by atoms with E-state index in [2.05, 4.69) is 41.3 Å². The van der Waals surface area contributed by atoms with Crippen LogP contribution < -0.4 is 25.0 Å². The number of likely N-dealkylation sites (N-methyl/N-ethyl adjacent to an activating group) is 1. The fourth-order valence-corrected chi connectivity index (χ4v) is 8.16. The van der Waals surface area contributed by atoms with Crippen molar-refractivity contribution >= 4 is 40.5 Å². The molecule has 5 atom stereocenters. The van der Waals surface area contributed by atoms with Gasteiger partial charge in [-0.1, -0.05) is 26.0 Å². The molecule has 286 valence electrons. The van der Waals surface area contributed by atoms with Crippen molar-refractivity contribution in [3.05, 3.63) is 60.7 Å². The molecule has 2 aromatic carbocycles. The number of benzene rings is 2. The van der Waals surface area contributed by atoms with Crippen molar-refractivity contribution < 1.29 is 38.5 Å². The van der Waals surface area contributed by atoms with E-state index in [0.717, 1.165) is 49.6 Å². The number of aromatic nitrogens is 1. The molecule has 0 unspecified atom stereocenters. The van der Waals surface area contributed by atoms with Crippen LogP contribution >= 0.6 is 0 Å². The summed E-state index contributed by atoms with van der Waals surface area (Å²) in [7, 11) is 3.67. The van der Waals surface area contributed by atoms with Crippen LogP contribution in [0.2, 0.25) is 0 Å². The Bertz CT molecular complexity index is 1980. The van der Waals surface area contributed by atoms with Gasteiger partial charge in [0.25, 0.3) is 0 Å². The number of hydrogen-bond donors (Lipinski definition) is 3. The fraction of sp³-hybridized carbons (Fsp3) is 0.488. The monoisotopic (exact) mass is 739 g/mol. The number of anilines is 1. The van der Waals surface area contributed by atoms with Crippen LogP contribution in [0.3, 0.4) is 0 Å². The number of fused-ring (bicyclic) bond motifs is 2. The maximum absolute atomic E-state index is 14.4. The van der Waals surface area contributed by atoms with E-state index in [1.807, 2.05) is 44.2 Å². The number of nitrogens with zero attached hydrogens (tertiary/aromatic N) is 3. The molecule has 3 N–H and O–H groups in total. The highest BCUT2D eigenvalue weighted by atomic mass is 16.6. The number of rotatable bonds is 12. The minimum Gasteiger partial charge on any atom is -0.497 e. The van der Waals surface area contributed by atoms with Gasteiger partial charge in [0.2, 0.25) is 11.8 Å². The Hall–Kier alpha value is -5.33.